The van der Waals surface area contributed by atoms with Crippen LogP contribution < -0.4 is 14.8 Å². The quantitative estimate of drug-likeness (QED) is 0.590. The van der Waals surface area contributed by atoms with Crippen LogP contribution in [-0.4, -0.2) is 13.2 Å². The largest absolute Gasteiger partial charge is 0.497 e. The fourth-order valence-corrected chi connectivity index (χ4v) is 4.44. The molecule has 0 aromatic heterocycles. The number of aryl methyl sites for hydroxylation is 1. The highest BCUT2D eigenvalue weighted by atomic mass is 16.5. The first-order valence-electron chi connectivity index (χ1n) is 10.5. The molecule has 3 unspecified atom stereocenters. The summed E-state index contributed by atoms with van der Waals surface area (Å²) in [6.07, 6.45) is 3.54. The summed E-state index contributed by atoms with van der Waals surface area (Å²) in [7, 11) is 1.74. The zero-order chi connectivity index (χ0) is 19.6. The lowest BCUT2D eigenvalue weighted by atomic mass is 10.1. The second-order valence-corrected chi connectivity index (χ2v) is 8.11. The highest BCUT2D eigenvalue weighted by Crippen LogP contribution is 2.44. The zero-order valence-electron chi connectivity index (χ0n) is 16.8. The number of methoxy groups -OCH3 is 1. The Morgan fingerprint density at radius 2 is 1.72 bits per heavy atom. The van der Waals surface area contributed by atoms with Crippen LogP contribution in [0.4, 0.5) is 0 Å². The average molecular weight is 386 g/mol. The van der Waals surface area contributed by atoms with E-state index in [1.165, 1.54) is 35.1 Å². The van der Waals surface area contributed by atoms with E-state index in [4.69, 9.17) is 9.47 Å². The predicted molar refractivity (Wildman–Crippen MR) is 116 cm³/mol. The predicted octanol–water partition coefficient (Wildman–Crippen LogP) is 5.41. The molecule has 1 saturated carbocycles. The van der Waals surface area contributed by atoms with Gasteiger partial charge in [0.25, 0.3) is 0 Å². The van der Waals surface area contributed by atoms with Gasteiger partial charge in [0.05, 0.1) is 7.11 Å². The van der Waals surface area contributed by atoms with Gasteiger partial charge in [-0.25, -0.2) is 0 Å². The molecule has 3 heteroatoms. The van der Waals surface area contributed by atoms with E-state index in [2.05, 4.69) is 59.9 Å². The third kappa shape index (κ3) is 4.01. The van der Waals surface area contributed by atoms with E-state index in [1.807, 2.05) is 18.2 Å². The fourth-order valence-electron chi connectivity index (χ4n) is 4.44. The molecular weight excluding hydrogens is 358 g/mol. The van der Waals surface area contributed by atoms with Crippen LogP contribution in [-0.2, 0) is 13.0 Å². The first-order valence-corrected chi connectivity index (χ1v) is 10.5. The Bertz CT molecular complexity index is 968. The maximum Gasteiger partial charge on any atom is 0.119 e. The van der Waals surface area contributed by atoms with Gasteiger partial charge >= 0.3 is 0 Å². The molecule has 148 valence electrons. The van der Waals surface area contributed by atoms with Crippen LogP contribution in [0, 0.1) is 0 Å². The van der Waals surface area contributed by atoms with Crippen molar-refractivity contribution >= 4 is 0 Å². The summed E-state index contributed by atoms with van der Waals surface area (Å²) >= 11 is 0. The minimum atomic E-state index is 0.448. The molecule has 0 amide bonds. The minimum absolute atomic E-state index is 0.448. The van der Waals surface area contributed by atoms with Crippen molar-refractivity contribution in [3.63, 3.8) is 0 Å². The summed E-state index contributed by atoms with van der Waals surface area (Å²) in [5.41, 5.74) is 5.47. The van der Waals surface area contributed by atoms with Gasteiger partial charge in [-0.15, -0.1) is 0 Å². The van der Waals surface area contributed by atoms with Crippen LogP contribution in [0.25, 0.3) is 0 Å². The second kappa shape index (κ2) is 7.92. The van der Waals surface area contributed by atoms with Crippen LogP contribution in [0.2, 0.25) is 0 Å². The van der Waals surface area contributed by atoms with Crippen molar-refractivity contribution in [2.45, 2.75) is 43.9 Å². The molecule has 0 aliphatic heterocycles. The lowest BCUT2D eigenvalue weighted by Gasteiger charge is -2.15. The first-order chi connectivity index (χ1) is 14.3. The highest BCUT2D eigenvalue weighted by Gasteiger charge is 2.40. The summed E-state index contributed by atoms with van der Waals surface area (Å²) in [5.74, 6) is 2.49. The number of rotatable bonds is 7. The van der Waals surface area contributed by atoms with Crippen molar-refractivity contribution in [3.05, 3.63) is 95.1 Å². The van der Waals surface area contributed by atoms with Crippen molar-refractivity contribution in [1.29, 1.82) is 0 Å². The molecule has 29 heavy (non-hydrogen) atoms. The number of hydrogen-bond acceptors (Lipinski definition) is 3. The smallest absolute Gasteiger partial charge is 0.119 e. The molecule has 5 rings (SSSR count). The van der Waals surface area contributed by atoms with E-state index in [0.29, 0.717) is 24.6 Å². The van der Waals surface area contributed by atoms with Crippen LogP contribution in [0.1, 0.15) is 47.1 Å². The van der Waals surface area contributed by atoms with Crippen LogP contribution in [0.15, 0.2) is 72.8 Å². The van der Waals surface area contributed by atoms with E-state index in [-0.39, 0.29) is 0 Å². The summed E-state index contributed by atoms with van der Waals surface area (Å²) in [6.45, 7) is 0.609. The van der Waals surface area contributed by atoms with Gasteiger partial charge in [-0.05, 0) is 65.8 Å². The van der Waals surface area contributed by atoms with Crippen molar-refractivity contribution in [1.82, 2.24) is 5.32 Å². The molecule has 3 aromatic rings. The van der Waals surface area contributed by atoms with E-state index >= 15 is 0 Å². The van der Waals surface area contributed by atoms with E-state index < -0.39 is 0 Å². The van der Waals surface area contributed by atoms with Gasteiger partial charge in [-0.1, -0.05) is 48.5 Å². The number of benzene rings is 3. The lowest BCUT2D eigenvalue weighted by molar-refractivity contribution is 0.306. The van der Waals surface area contributed by atoms with Crippen molar-refractivity contribution < 1.29 is 9.47 Å². The Balaban J connectivity index is 1.17. The standard InChI is InChI=1S/C26H27NO2/c1-28-22-13-9-20-10-14-25(23(20)15-22)27-26-16-24(26)19-7-11-21(12-8-19)29-17-18-5-3-2-4-6-18/h2-9,11-13,15,24-27H,10,14,16-17H2,1H3. The summed E-state index contributed by atoms with van der Waals surface area (Å²) in [5, 5.41) is 3.88. The molecule has 3 aromatic carbocycles. The lowest BCUT2D eigenvalue weighted by Crippen LogP contribution is -2.22. The molecule has 3 atom stereocenters. The Labute approximate surface area is 172 Å². The SMILES string of the molecule is COc1ccc2c(c1)C(NC1CC1c1ccc(OCc3ccccc3)cc1)CC2. The van der Waals surface area contributed by atoms with Gasteiger partial charge < -0.3 is 14.8 Å². The third-order valence-electron chi connectivity index (χ3n) is 6.19. The summed E-state index contributed by atoms with van der Waals surface area (Å²) in [6, 6.07) is 26.4. The molecule has 3 nitrogen and oxygen atoms in total. The van der Waals surface area contributed by atoms with Crippen LogP contribution in [0.3, 0.4) is 0 Å². The molecule has 0 saturated heterocycles. The monoisotopic (exact) mass is 385 g/mol. The highest BCUT2D eigenvalue weighted by molar-refractivity contribution is 5.41. The topological polar surface area (TPSA) is 30.5 Å². The van der Waals surface area contributed by atoms with Gasteiger partial charge in [-0.2, -0.15) is 0 Å². The van der Waals surface area contributed by atoms with Gasteiger partial charge in [0.15, 0.2) is 0 Å². The second-order valence-electron chi connectivity index (χ2n) is 8.11. The molecule has 2 aliphatic carbocycles. The van der Waals surface area contributed by atoms with E-state index in [1.54, 1.807) is 7.11 Å². The maximum absolute atomic E-state index is 5.92. The Hall–Kier alpha value is -2.78. The zero-order valence-corrected chi connectivity index (χ0v) is 16.8. The molecule has 1 N–H and O–H groups in total. The van der Waals surface area contributed by atoms with Crippen LogP contribution >= 0.6 is 0 Å². The van der Waals surface area contributed by atoms with Crippen molar-refractivity contribution in [2.75, 3.05) is 7.11 Å². The first kappa shape index (κ1) is 18.3. The molecule has 0 spiro atoms. The molecule has 0 radical (unpaired) electrons. The molecule has 0 bridgehead atoms. The van der Waals surface area contributed by atoms with Crippen molar-refractivity contribution in [2.24, 2.45) is 0 Å². The number of hydrogen-bond donors (Lipinski definition) is 1. The van der Waals surface area contributed by atoms with Crippen molar-refractivity contribution in [3.8, 4) is 11.5 Å². The molecule has 1 fully saturated rings. The Morgan fingerprint density at radius 3 is 2.52 bits per heavy atom. The number of nitrogens with one attached hydrogen (secondary N) is 1. The average Bonchev–Trinajstić information content (AvgIpc) is 3.44. The van der Waals surface area contributed by atoms with Gasteiger partial charge in [0.2, 0.25) is 0 Å². The Kier molecular flexibility index (Phi) is 4.99. The van der Waals surface area contributed by atoms with Gasteiger partial charge in [0, 0.05) is 18.0 Å². The third-order valence-corrected chi connectivity index (χ3v) is 6.19. The summed E-state index contributed by atoms with van der Waals surface area (Å²) < 4.78 is 11.3. The number of ether oxygens (including phenoxy) is 2. The van der Waals surface area contributed by atoms with Gasteiger partial charge in [-0.3, -0.25) is 0 Å². The van der Waals surface area contributed by atoms with E-state index in [9.17, 15) is 0 Å². The molecular formula is C26H27NO2. The van der Waals surface area contributed by atoms with E-state index in [0.717, 1.165) is 17.9 Å². The maximum atomic E-state index is 5.92. The molecule has 0 heterocycles. The van der Waals surface area contributed by atoms with Crippen LogP contribution in [0.5, 0.6) is 11.5 Å². The minimum Gasteiger partial charge on any atom is -0.497 e. The fraction of sp³-hybridized carbons (Fsp3) is 0.308. The normalized spacial score (nSPS) is 22.2. The molecule has 2 aliphatic rings. The summed E-state index contributed by atoms with van der Waals surface area (Å²) in [4.78, 5) is 0. The van der Waals surface area contributed by atoms with Gasteiger partial charge in [0.1, 0.15) is 18.1 Å². The number of fused-ring (bicyclic) bond motifs is 1. The Morgan fingerprint density at radius 1 is 0.931 bits per heavy atom.